The van der Waals surface area contributed by atoms with Gasteiger partial charge in [0.2, 0.25) is 0 Å². The van der Waals surface area contributed by atoms with Crippen molar-refractivity contribution in [1.29, 1.82) is 0 Å². The van der Waals surface area contributed by atoms with Gasteiger partial charge in [0.1, 0.15) is 5.76 Å². The molecule has 3 aliphatic rings. The lowest BCUT2D eigenvalue weighted by Gasteiger charge is -2.44. The number of ether oxygens (including phenoxy) is 1. The predicted octanol–water partition coefficient (Wildman–Crippen LogP) is 4.76. The Morgan fingerprint density at radius 3 is 2.55 bits per heavy atom. The van der Waals surface area contributed by atoms with Gasteiger partial charge in [-0.3, -0.25) is 4.90 Å². The number of anilines is 1. The summed E-state index contributed by atoms with van der Waals surface area (Å²) >= 11 is 13.0. The van der Waals surface area contributed by atoms with Crippen LogP contribution in [0.25, 0.3) is 0 Å². The Hall–Kier alpha value is -2.25. The van der Waals surface area contributed by atoms with E-state index in [2.05, 4.69) is 15.3 Å². The number of allylic oxidation sites excluding steroid dienone is 1. The molecule has 0 spiro atoms. The monoisotopic (exact) mass is 459 g/mol. The van der Waals surface area contributed by atoms with E-state index in [-0.39, 0.29) is 12.0 Å². The molecule has 5 rings (SSSR count). The number of nitrogens with one attached hydrogen (secondary N) is 1. The number of carbonyl (C=O) groups is 1. The molecule has 1 atom stereocenters. The predicted molar refractivity (Wildman–Crippen MR) is 120 cm³/mol. The van der Waals surface area contributed by atoms with E-state index < -0.39 is 0 Å². The largest absolute Gasteiger partial charge is 0.465 e. The SMILES string of the molecule is COC(=O)c1cccc(N2CN(CC3=C(C4CC4)ONC3c3c(Cl)cccc3Cl)C2)c1. The molecule has 1 saturated heterocycles. The van der Waals surface area contributed by atoms with Gasteiger partial charge >= 0.3 is 5.97 Å². The summed E-state index contributed by atoms with van der Waals surface area (Å²) < 4.78 is 4.83. The highest BCUT2D eigenvalue weighted by Crippen LogP contribution is 2.46. The summed E-state index contributed by atoms with van der Waals surface area (Å²) in [5, 5.41) is 1.26. The van der Waals surface area contributed by atoms with Gasteiger partial charge in [-0.05, 0) is 43.2 Å². The van der Waals surface area contributed by atoms with Crippen LogP contribution in [0.15, 0.2) is 53.8 Å². The average molecular weight is 460 g/mol. The van der Waals surface area contributed by atoms with Crippen molar-refractivity contribution < 1.29 is 14.4 Å². The van der Waals surface area contributed by atoms with Crippen LogP contribution >= 0.6 is 23.2 Å². The van der Waals surface area contributed by atoms with Gasteiger partial charge in [0.15, 0.2) is 0 Å². The maximum atomic E-state index is 11.8. The summed E-state index contributed by atoms with van der Waals surface area (Å²) in [6, 6.07) is 12.9. The topological polar surface area (TPSA) is 54.0 Å². The number of esters is 1. The number of methoxy groups -OCH3 is 1. The summed E-state index contributed by atoms with van der Waals surface area (Å²) in [6.45, 7) is 2.28. The minimum absolute atomic E-state index is 0.159. The van der Waals surface area contributed by atoms with E-state index >= 15 is 0 Å². The normalized spacial score (nSPS) is 21.1. The molecule has 2 aromatic carbocycles. The van der Waals surface area contributed by atoms with E-state index in [0.717, 1.165) is 49.7 Å². The first-order valence-electron chi connectivity index (χ1n) is 10.3. The summed E-state index contributed by atoms with van der Waals surface area (Å²) in [5.74, 6) is 1.18. The molecule has 1 aliphatic carbocycles. The molecule has 1 unspecified atom stereocenters. The van der Waals surface area contributed by atoms with Gasteiger partial charge < -0.3 is 14.5 Å². The lowest BCUT2D eigenvalue weighted by Crippen LogP contribution is -2.56. The number of hydrogen-bond acceptors (Lipinski definition) is 6. The highest BCUT2D eigenvalue weighted by atomic mass is 35.5. The second-order valence-electron chi connectivity index (χ2n) is 8.15. The number of halogens is 2. The molecule has 6 nitrogen and oxygen atoms in total. The van der Waals surface area contributed by atoms with Crippen LogP contribution in [0.5, 0.6) is 0 Å². The molecule has 0 amide bonds. The standard InChI is InChI=1S/C23H23Cl2N3O3/c1-30-23(29)15-4-2-5-16(10-15)28-12-27(13-28)11-17-21(26-31-22(17)14-8-9-14)20-18(24)6-3-7-19(20)25/h2-7,10,14,21,26H,8-9,11-13H2,1H3. The first-order valence-corrected chi connectivity index (χ1v) is 11.1. The Labute approximate surface area is 191 Å². The van der Waals surface area contributed by atoms with Gasteiger partial charge in [0, 0.05) is 39.3 Å². The molecule has 2 fully saturated rings. The molecule has 8 heteroatoms. The minimum atomic E-state index is -0.327. The van der Waals surface area contributed by atoms with Crippen molar-refractivity contribution in [3.63, 3.8) is 0 Å². The van der Waals surface area contributed by atoms with E-state index in [9.17, 15) is 4.79 Å². The molecule has 162 valence electrons. The molecule has 31 heavy (non-hydrogen) atoms. The fraction of sp³-hybridized carbons (Fsp3) is 0.348. The van der Waals surface area contributed by atoms with Crippen molar-refractivity contribution in [3.05, 3.63) is 75.0 Å². The van der Waals surface area contributed by atoms with Crippen LogP contribution in [0.1, 0.15) is 34.8 Å². The Kier molecular flexibility index (Phi) is 5.56. The van der Waals surface area contributed by atoms with E-state index in [1.165, 1.54) is 12.7 Å². The molecule has 0 aromatic heterocycles. The maximum absolute atomic E-state index is 11.8. The number of nitrogens with zero attached hydrogens (tertiary/aromatic N) is 2. The van der Waals surface area contributed by atoms with Gasteiger partial charge in [-0.2, -0.15) is 0 Å². The molecule has 0 radical (unpaired) electrons. The molecule has 1 N–H and O–H groups in total. The van der Waals surface area contributed by atoms with Gasteiger partial charge in [0.25, 0.3) is 0 Å². The van der Waals surface area contributed by atoms with Gasteiger partial charge in [-0.15, -0.1) is 5.48 Å². The lowest BCUT2D eigenvalue weighted by atomic mass is 9.97. The first-order chi connectivity index (χ1) is 15.0. The van der Waals surface area contributed by atoms with Crippen molar-refractivity contribution in [1.82, 2.24) is 10.4 Å². The van der Waals surface area contributed by atoms with Crippen molar-refractivity contribution in [2.75, 3.05) is 31.9 Å². The van der Waals surface area contributed by atoms with Crippen LogP contribution in [0, 0.1) is 5.92 Å². The van der Waals surface area contributed by atoms with E-state index in [1.54, 1.807) is 6.07 Å². The molecule has 2 aliphatic heterocycles. The maximum Gasteiger partial charge on any atom is 0.337 e. The van der Waals surface area contributed by atoms with Crippen molar-refractivity contribution in [3.8, 4) is 0 Å². The zero-order valence-electron chi connectivity index (χ0n) is 17.1. The average Bonchev–Trinajstić information content (AvgIpc) is 3.51. The number of benzene rings is 2. The molecule has 2 aromatic rings. The number of rotatable bonds is 6. The van der Waals surface area contributed by atoms with Crippen molar-refractivity contribution in [2.24, 2.45) is 5.92 Å². The molecular weight excluding hydrogens is 437 g/mol. The Morgan fingerprint density at radius 1 is 1.16 bits per heavy atom. The summed E-state index contributed by atoms with van der Waals surface area (Å²) in [7, 11) is 1.39. The highest BCUT2D eigenvalue weighted by Gasteiger charge is 2.41. The number of carbonyl (C=O) groups excluding carboxylic acids is 1. The Bertz CT molecular complexity index is 1030. The fourth-order valence-electron chi connectivity index (χ4n) is 4.17. The first kappa shape index (κ1) is 20.6. The molecule has 2 heterocycles. The third-order valence-corrected chi connectivity index (χ3v) is 6.62. The van der Waals surface area contributed by atoms with Crippen LogP contribution in [-0.4, -0.2) is 37.9 Å². The molecule has 1 saturated carbocycles. The second-order valence-corrected chi connectivity index (χ2v) is 8.96. The Morgan fingerprint density at radius 2 is 1.87 bits per heavy atom. The summed E-state index contributed by atoms with van der Waals surface area (Å²) in [4.78, 5) is 22.3. The fourth-order valence-corrected chi connectivity index (χ4v) is 4.79. The van der Waals surface area contributed by atoms with Crippen molar-refractivity contribution >= 4 is 34.9 Å². The van der Waals surface area contributed by atoms with Crippen LogP contribution < -0.4 is 10.4 Å². The molecular formula is C23H23Cl2N3O3. The number of hydroxylamine groups is 1. The summed E-state index contributed by atoms with van der Waals surface area (Å²) in [6.07, 6.45) is 2.30. The van der Waals surface area contributed by atoms with Crippen LogP contribution in [0.4, 0.5) is 5.69 Å². The quantitative estimate of drug-likeness (QED) is 0.628. The van der Waals surface area contributed by atoms with Crippen LogP contribution in [-0.2, 0) is 9.57 Å². The third kappa shape index (κ3) is 4.01. The zero-order valence-corrected chi connectivity index (χ0v) is 18.6. The van der Waals surface area contributed by atoms with E-state index in [0.29, 0.717) is 21.5 Å². The van der Waals surface area contributed by atoms with Gasteiger partial charge in [-0.1, -0.05) is 35.3 Å². The van der Waals surface area contributed by atoms with Gasteiger partial charge in [0.05, 0.1) is 32.1 Å². The van der Waals surface area contributed by atoms with E-state index in [1.807, 2.05) is 36.4 Å². The van der Waals surface area contributed by atoms with Crippen LogP contribution in [0.3, 0.4) is 0 Å². The smallest absolute Gasteiger partial charge is 0.337 e. The highest BCUT2D eigenvalue weighted by molar-refractivity contribution is 6.36. The van der Waals surface area contributed by atoms with Crippen molar-refractivity contribution in [2.45, 2.75) is 18.9 Å². The second kappa shape index (κ2) is 8.36. The minimum Gasteiger partial charge on any atom is -0.465 e. The van der Waals surface area contributed by atoms with Crippen LogP contribution in [0.2, 0.25) is 10.0 Å². The third-order valence-electron chi connectivity index (χ3n) is 5.96. The van der Waals surface area contributed by atoms with E-state index in [4.69, 9.17) is 32.8 Å². The lowest BCUT2D eigenvalue weighted by molar-refractivity contribution is 0.0600. The zero-order chi connectivity index (χ0) is 21.5. The number of hydrogen-bond donors (Lipinski definition) is 1. The molecule has 0 bridgehead atoms. The summed E-state index contributed by atoms with van der Waals surface area (Å²) in [5.41, 5.74) is 6.78. The van der Waals surface area contributed by atoms with Gasteiger partial charge in [-0.25, -0.2) is 4.79 Å². The Balaban J connectivity index is 1.32.